The normalized spacial score (nSPS) is 13.6. The zero-order chi connectivity index (χ0) is 16.0. The van der Waals surface area contributed by atoms with Crippen molar-refractivity contribution < 1.29 is 14.3 Å². The maximum absolute atomic E-state index is 12.1. The first kappa shape index (κ1) is 16.3. The van der Waals surface area contributed by atoms with E-state index in [0.29, 0.717) is 17.7 Å². The molecule has 0 radical (unpaired) electrons. The molecule has 0 aliphatic rings. The standard InChI is InChI=1S/C18H23NO3/c1-3-5-14-7-9-15(10-8-14)17(20)19-13-18(2,21)12-16-6-4-11-22-16/h4,6-11,21H,3,5,12-13H2,1-2H3,(H,19,20). The Morgan fingerprint density at radius 1 is 1.27 bits per heavy atom. The van der Waals surface area contributed by atoms with Crippen molar-refractivity contribution in [1.29, 1.82) is 0 Å². The van der Waals surface area contributed by atoms with E-state index < -0.39 is 5.60 Å². The van der Waals surface area contributed by atoms with E-state index in [1.165, 1.54) is 5.56 Å². The van der Waals surface area contributed by atoms with Crippen molar-refractivity contribution in [2.75, 3.05) is 6.54 Å². The first-order valence-corrected chi connectivity index (χ1v) is 7.62. The van der Waals surface area contributed by atoms with E-state index in [1.807, 2.05) is 30.3 Å². The Hall–Kier alpha value is -2.07. The Kier molecular flexibility index (Phi) is 5.39. The van der Waals surface area contributed by atoms with Gasteiger partial charge in [0, 0.05) is 18.5 Å². The molecule has 22 heavy (non-hydrogen) atoms. The van der Waals surface area contributed by atoms with Crippen molar-refractivity contribution in [1.82, 2.24) is 5.32 Å². The van der Waals surface area contributed by atoms with E-state index >= 15 is 0 Å². The molecular formula is C18H23NO3. The van der Waals surface area contributed by atoms with E-state index in [0.717, 1.165) is 12.8 Å². The highest BCUT2D eigenvalue weighted by atomic mass is 16.3. The van der Waals surface area contributed by atoms with Crippen LogP contribution in [0.25, 0.3) is 0 Å². The number of hydrogen-bond donors (Lipinski definition) is 2. The van der Waals surface area contributed by atoms with Gasteiger partial charge in [-0.3, -0.25) is 4.79 Å². The van der Waals surface area contributed by atoms with Gasteiger partial charge in [-0.25, -0.2) is 0 Å². The minimum Gasteiger partial charge on any atom is -0.469 e. The first-order chi connectivity index (χ1) is 10.5. The summed E-state index contributed by atoms with van der Waals surface area (Å²) < 4.78 is 5.22. The quantitative estimate of drug-likeness (QED) is 0.826. The third kappa shape index (κ3) is 4.74. The lowest BCUT2D eigenvalue weighted by Crippen LogP contribution is -2.42. The van der Waals surface area contributed by atoms with Crippen LogP contribution >= 0.6 is 0 Å². The van der Waals surface area contributed by atoms with Gasteiger partial charge in [-0.1, -0.05) is 25.5 Å². The van der Waals surface area contributed by atoms with Crippen molar-refractivity contribution >= 4 is 5.91 Å². The van der Waals surface area contributed by atoms with Crippen LogP contribution in [0.3, 0.4) is 0 Å². The van der Waals surface area contributed by atoms with Crippen LogP contribution < -0.4 is 5.32 Å². The number of carbonyl (C=O) groups is 1. The molecule has 0 spiro atoms. The van der Waals surface area contributed by atoms with Crippen LogP contribution in [0, 0.1) is 0 Å². The van der Waals surface area contributed by atoms with Gasteiger partial charge in [0.05, 0.1) is 11.9 Å². The van der Waals surface area contributed by atoms with Gasteiger partial charge in [0.2, 0.25) is 0 Å². The van der Waals surface area contributed by atoms with Crippen molar-refractivity contribution in [3.05, 3.63) is 59.5 Å². The van der Waals surface area contributed by atoms with E-state index in [-0.39, 0.29) is 12.5 Å². The average Bonchev–Trinajstić information content (AvgIpc) is 2.98. The van der Waals surface area contributed by atoms with Crippen LogP contribution in [0.15, 0.2) is 47.1 Å². The highest BCUT2D eigenvalue weighted by molar-refractivity contribution is 5.94. The van der Waals surface area contributed by atoms with Crippen LogP contribution in [0.1, 0.15) is 41.9 Å². The summed E-state index contributed by atoms with van der Waals surface area (Å²) in [5, 5.41) is 13.1. The molecule has 1 aromatic carbocycles. The lowest BCUT2D eigenvalue weighted by Gasteiger charge is -2.22. The largest absolute Gasteiger partial charge is 0.469 e. The molecule has 1 heterocycles. The Morgan fingerprint density at radius 2 is 2.00 bits per heavy atom. The molecule has 0 saturated heterocycles. The van der Waals surface area contributed by atoms with Crippen LogP contribution in [0.5, 0.6) is 0 Å². The molecule has 1 amide bonds. The van der Waals surface area contributed by atoms with Gasteiger partial charge in [0.15, 0.2) is 0 Å². The molecule has 0 bridgehead atoms. The molecule has 0 saturated carbocycles. The number of furan rings is 1. The molecule has 2 rings (SSSR count). The highest BCUT2D eigenvalue weighted by Crippen LogP contribution is 2.13. The second-order valence-electron chi connectivity index (χ2n) is 5.88. The Balaban J connectivity index is 1.88. The molecule has 2 aromatic rings. The molecule has 1 aromatic heterocycles. The van der Waals surface area contributed by atoms with Crippen molar-refractivity contribution in [2.24, 2.45) is 0 Å². The number of aryl methyl sites for hydroxylation is 1. The molecular weight excluding hydrogens is 278 g/mol. The summed E-state index contributed by atoms with van der Waals surface area (Å²) in [6.45, 7) is 3.98. The molecule has 1 atom stereocenters. The summed E-state index contributed by atoms with van der Waals surface area (Å²) in [6, 6.07) is 11.2. The lowest BCUT2D eigenvalue weighted by atomic mass is 10.0. The van der Waals surface area contributed by atoms with Gasteiger partial charge >= 0.3 is 0 Å². The zero-order valence-electron chi connectivity index (χ0n) is 13.1. The van der Waals surface area contributed by atoms with Gasteiger partial charge in [-0.2, -0.15) is 0 Å². The van der Waals surface area contributed by atoms with Crippen LogP contribution in [-0.2, 0) is 12.8 Å². The van der Waals surface area contributed by atoms with Gasteiger partial charge < -0.3 is 14.8 Å². The number of nitrogens with one attached hydrogen (secondary N) is 1. The number of aliphatic hydroxyl groups is 1. The van der Waals surface area contributed by atoms with Gasteiger partial charge in [-0.05, 0) is 43.2 Å². The Morgan fingerprint density at radius 3 is 2.59 bits per heavy atom. The third-order valence-electron chi connectivity index (χ3n) is 3.52. The summed E-state index contributed by atoms with van der Waals surface area (Å²) >= 11 is 0. The number of rotatable bonds is 7. The number of amides is 1. The smallest absolute Gasteiger partial charge is 0.251 e. The Labute approximate surface area is 131 Å². The molecule has 4 nitrogen and oxygen atoms in total. The summed E-state index contributed by atoms with van der Waals surface area (Å²) in [7, 11) is 0. The summed E-state index contributed by atoms with van der Waals surface area (Å²) in [5.74, 6) is 0.519. The van der Waals surface area contributed by atoms with E-state index in [9.17, 15) is 9.90 Å². The zero-order valence-corrected chi connectivity index (χ0v) is 13.1. The minimum absolute atomic E-state index is 0.170. The predicted molar refractivity (Wildman–Crippen MR) is 85.8 cm³/mol. The maximum Gasteiger partial charge on any atom is 0.251 e. The number of hydrogen-bond acceptors (Lipinski definition) is 3. The highest BCUT2D eigenvalue weighted by Gasteiger charge is 2.23. The van der Waals surface area contributed by atoms with Crippen molar-refractivity contribution in [3.8, 4) is 0 Å². The van der Waals surface area contributed by atoms with E-state index in [4.69, 9.17) is 4.42 Å². The topological polar surface area (TPSA) is 62.5 Å². The fourth-order valence-corrected chi connectivity index (χ4v) is 2.34. The first-order valence-electron chi connectivity index (χ1n) is 7.62. The summed E-state index contributed by atoms with van der Waals surface area (Å²) in [6.07, 6.45) is 4.03. The van der Waals surface area contributed by atoms with E-state index in [2.05, 4.69) is 12.2 Å². The van der Waals surface area contributed by atoms with Crippen molar-refractivity contribution in [2.45, 2.75) is 38.7 Å². The fraction of sp³-hybridized carbons (Fsp3) is 0.389. The van der Waals surface area contributed by atoms with E-state index in [1.54, 1.807) is 19.3 Å². The molecule has 118 valence electrons. The summed E-state index contributed by atoms with van der Waals surface area (Å²) in [4.78, 5) is 12.1. The molecule has 1 unspecified atom stereocenters. The molecule has 2 N–H and O–H groups in total. The third-order valence-corrected chi connectivity index (χ3v) is 3.52. The van der Waals surface area contributed by atoms with Gasteiger partial charge in [-0.15, -0.1) is 0 Å². The number of carbonyl (C=O) groups excluding carboxylic acids is 1. The molecule has 0 aliphatic carbocycles. The SMILES string of the molecule is CCCc1ccc(C(=O)NCC(C)(O)Cc2ccco2)cc1. The fourth-order valence-electron chi connectivity index (χ4n) is 2.34. The molecule has 0 fully saturated rings. The predicted octanol–water partition coefficient (Wildman–Crippen LogP) is 2.96. The van der Waals surface area contributed by atoms with Gasteiger partial charge in [0.25, 0.3) is 5.91 Å². The second-order valence-corrected chi connectivity index (χ2v) is 5.88. The molecule has 4 heteroatoms. The number of benzene rings is 1. The lowest BCUT2D eigenvalue weighted by molar-refractivity contribution is 0.0510. The van der Waals surface area contributed by atoms with Gasteiger partial charge in [0.1, 0.15) is 5.76 Å². The van der Waals surface area contributed by atoms with Crippen molar-refractivity contribution in [3.63, 3.8) is 0 Å². The second kappa shape index (κ2) is 7.27. The Bertz CT molecular complexity index is 585. The molecule has 0 aliphatic heterocycles. The van der Waals surface area contributed by atoms with Crippen LogP contribution in [-0.4, -0.2) is 23.2 Å². The van der Waals surface area contributed by atoms with Crippen LogP contribution in [0.4, 0.5) is 0 Å². The maximum atomic E-state index is 12.1. The summed E-state index contributed by atoms with van der Waals surface area (Å²) in [5.41, 5.74) is 0.785. The minimum atomic E-state index is -1.05. The van der Waals surface area contributed by atoms with Crippen LogP contribution in [0.2, 0.25) is 0 Å². The monoisotopic (exact) mass is 301 g/mol. The average molecular weight is 301 g/mol.